The van der Waals surface area contributed by atoms with Crippen molar-refractivity contribution < 1.29 is 23.5 Å². The summed E-state index contributed by atoms with van der Waals surface area (Å²) >= 11 is 0. The van der Waals surface area contributed by atoms with Crippen molar-refractivity contribution in [3.05, 3.63) is 35.5 Å². The molecule has 0 spiro atoms. The lowest BCUT2D eigenvalue weighted by atomic mass is 10.1. The molecule has 128 valence electrons. The van der Waals surface area contributed by atoms with Gasteiger partial charge in [0.05, 0.1) is 13.0 Å². The monoisotopic (exact) mass is 333 g/mol. The molecule has 0 radical (unpaired) electrons. The minimum atomic E-state index is -0.365. The number of nitrogens with zero attached hydrogens (tertiary/aromatic N) is 2. The molecular weight excluding hydrogens is 314 g/mol. The van der Waals surface area contributed by atoms with Crippen LogP contribution in [0, 0.1) is 0 Å². The maximum Gasteiger partial charge on any atom is 0.248 e. The molecule has 8 nitrogen and oxygen atoms in total. The summed E-state index contributed by atoms with van der Waals surface area (Å²) in [6, 6.07) is 5.08. The summed E-state index contributed by atoms with van der Waals surface area (Å²) in [5.41, 5.74) is 0.843. The quantitative estimate of drug-likeness (QED) is 0.818. The van der Waals surface area contributed by atoms with Gasteiger partial charge in [-0.1, -0.05) is 11.2 Å². The molecule has 0 unspecified atom stereocenters. The van der Waals surface area contributed by atoms with Crippen LogP contribution in [-0.4, -0.2) is 36.6 Å². The van der Waals surface area contributed by atoms with E-state index in [1.807, 2.05) is 12.1 Å². The standard InChI is InChI=1S/C16H19N3O5/c1-10(16-18-14(19-24-16)5-6-21-2)17-15(20)8-11-3-4-12-13(7-11)23-9-22-12/h3-4,7,10H,5-6,8-9H2,1-2H3,(H,17,20)/t10-/m0/s1. The van der Waals surface area contributed by atoms with E-state index in [4.69, 9.17) is 18.7 Å². The number of amides is 1. The van der Waals surface area contributed by atoms with Crippen molar-refractivity contribution in [3.63, 3.8) is 0 Å². The van der Waals surface area contributed by atoms with Gasteiger partial charge < -0.3 is 24.1 Å². The number of methoxy groups -OCH3 is 1. The van der Waals surface area contributed by atoms with Crippen molar-refractivity contribution in [1.82, 2.24) is 15.5 Å². The van der Waals surface area contributed by atoms with E-state index in [-0.39, 0.29) is 25.2 Å². The van der Waals surface area contributed by atoms with Crippen molar-refractivity contribution in [1.29, 1.82) is 0 Å². The zero-order chi connectivity index (χ0) is 16.9. The topological polar surface area (TPSA) is 95.7 Å². The fourth-order valence-electron chi connectivity index (χ4n) is 2.33. The van der Waals surface area contributed by atoms with Gasteiger partial charge in [0.15, 0.2) is 17.3 Å². The maximum absolute atomic E-state index is 12.2. The Kier molecular flexibility index (Phi) is 4.95. The predicted octanol–water partition coefficient (Wildman–Crippen LogP) is 1.41. The molecular formula is C16H19N3O5. The molecule has 0 saturated heterocycles. The Morgan fingerprint density at radius 1 is 1.38 bits per heavy atom. The van der Waals surface area contributed by atoms with Crippen LogP contribution in [0.2, 0.25) is 0 Å². The molecule has 1 amide bonds. The molecule has 8 heteroatoms. The van der Waals surface area contributed by atoms with Gasteiger partial charge in [-0.2, -0.15) is 4.98 Å². The molecule has 1 aromatic carbocycles. The number of fused-ring (bicyclic) bond motifs is 1. The molecule has 3 rings (SSSR count). The largest absolute Gasteiger partial charge is 0.454 e. The van der Waals surface area contributed by atoms with E-state index in [0.717, 1.165) is 5.56 Å². The van der Waals surface area contributed by atoms with Crippen molar-refractivity contribution in [2.45, 2.75) is 25.8 Å². The number of nitrogens with one attached hydrogen (secondary N) is 1. The Morgan fingerprint density at radius 3 is 3.04 bits per heavy atom. The van der Waals surface area contributed by atoms with Gasteiger partial charge in [0.25, 0.3) is 0 Å². The molecule has 1 aromatic heterocycles. The highest BCUT2D eigenvalue weighted by atomic mass is 16.7. The van der Waals surface area contributed by atoms with Crippen LogP contribution in [0.4, 0.5) is 0 Å². The molecule has 2 aromatic rings. The number of hydrogen-bond acceptors (Lipinski definition) is 7. The van der Waals surface area contributed by atoms with Crippen LogP contribution in [-0.2, 0) is 22.4 Å². The van der Waals surface area contributed by atoms with Crippen molar-refractivity contribution >= 4 is 5.91 Å². The van der Waals surface area contributed by atoms with Crippen LogP contribution in [0.15, 0.2) is 22.7 Å². The second kappa shape index (κ2) is 7.31. The third kappa shape index (κ3) is 3.83. The maximum atomic E-state index is 12.2. The number of carbonyl (C=O) groups is 1. The Hall–Kier alpha value is -2.61. The second-order valence-corrected chi connectivity index (χ2v) is 5.45. The average Bonchev–Trinajstić information content (AvgIpc) is 3.21. The summed E-state index contributed by atoms with van der Waals surface area (Å²) in [4.78, 5) is 16.4. The fourth-order valence-corrected chi connectivity index (χ4v) is 2.33. The van der Waals surface area contributed by atoms with Gasteiger partial charge >= 0.3 is 0 Å². The first kappa shape index (κ1) is 16.3. The van der Waals surface area contributed by atoms with Gasteiger partial charge in [0.2, 0.25) is 18.6 Å². The molecule has 2 heterocycles. The molecule has 0 saturated carbocycles. The van der Waals surface area contributed by atoms with Crippen molar-refractivity contribution in [2.75, 3.05) is 20.5 Å². The number of carbonyl (C=O) groups excluding carboxylic acids is 1. The third-order valence-electron chi connectivity index (χ3n) is 3.56. The van der Waals surface area contributed by atoms with Gasteiger partial charge in [0, 0.05) is 13.5 Å². The second-order valence-electron chi connectivity index (χ2n) is 5.45. The average molecular weight is 333 g/mol. The van der Waals surface area contributed by atoms with Gasteiger partial charge in [-0.15, -0.1) is 0 Å². The summed E-state index contributed by atoms with van der Waals surface area (Å²) in [5.74, 6) is 2.15. The van der Waals surface area contributed by atoms with Gasteiger partial charge in [-0.25, -0.2) is 0 Å². The number of ether oxygens (including phenoxy) is 3. The third-order valence-corrected chi connectivity index (χ3v) is 3.56. The van der Waals surface area contributed by atoms with Crippen molar-refractivity contribution in [3.8, 4) is 11.5 Å². The minimum Gasteiger partial charge on any atom is -0.454 e. The molecule has 1 aliphatic heterocycles. The Bertz CT molecular complexity index is 715. The smallest absolute Gasteiger partial charge is 0.248 e. The van der Waals surface area contributed by atoms with E-state index < -0.39 is 0 Å². The lowest BCUT2D eigenvalue weighted by molar-refractivity contribution is -0.121. The summed E-state index contributed by atoms with van der Waals surface area (Å²) in [7, 11) is 1.61. The van der Waals surface area contributed by atoms with Gasteiger partial charge in [-0.05, 0) is 24.6 Å². The minimum absolute atomic E-state index is 0.141. The van der Waals surface area contributed by atoms with Gasteiger partial charge in [-0.3, -0.25) is 4.79 Å². The van der Waals surface area contributed by atoms with Crippen LogP contribution >= 0.6 is 0 Å². The first-order valence-electron chi connectivity index (χ1n) is 7.65. The highest BCUT2D eigenvalue weighted by molar-refractivity contribution is 5.79. The van der Waals surface area contributed by atoms with Crippen LogP contribution in [0.5, 0.6) is 11.5 Å². The van der Waals surface area contributed by atoms with E-state index in [0.29, 0.717) is 36.2 Å². The number of hydrogen-bond donors (Lipinski definition) is 1. The lowest BCUT2D eigenvalue weighted by Gasteiger charge is -2.10. The molecule has 0 bridgehead atoms. The Balaban J connectivity index is 1.55. The van der Waals surface area contributed by atoms with Crippen LogP contribution < -0.4 is 14.8 Å². The predicted molar refractivity (Wildman–Crippen MR) is 82.7 cm³/mol. The van der Waals surface area contributed by atoms with Crippen molar-refractivity contribution in [2.24, 2.45) is 0 Å². The normalized spacial score (nSPS) is 13.8. The summed E-state index contributed by atoms with van der Waals surface area (Å²) in [6.07, 6.45) is 0.795. The summed E-state index contributed by atoms with van der Waals surface area (Å²) < 4.78 is 20.7. The lowest BCUT2D eigenvalue weighted by Crippen LogP contribution is -2.28. The summed E-state index contributed by atoms with van der Waals surface area (Å²) in [5, 5.41) is 6.70. The Morgan fingerprint density at radius 2 is 2.21 bits per heavy atom. The van der Waals surface area contributed by atoms with Crippen LogP contribution in [0.1, 0.15) is 30.2 Å². The van der Waals surface area contributed by atoms with Gasteiger partial charge in [0.1, 0.15) is 6.04 Å². The fraction of sp³-hybridized carbons (Fsp3) is 0.438. The molecule has 1 atom stereocenters. The zero-order valence-electron chi connectivity index (χ0n) is 13.6. The molecule has 0 fully saturated rings. The van der Waals surface area contributed by atoms with E-state index in [9.17, 15) is 4.79 Å². The van der Waals surface area contributed by atoms with E-state index in [1.165, 1.54) is 0 Å². The van der Waals surface area contributed by atoms with Crippen LogP contribution in [0.25, 0.3) is 0 Å². The van der Waals surface area contributed by atoms with E-state index >= 15 is 0 Å². The number of aromatic nitrogens is 2. The first-order valence-corrected chi connectivity index (χ1v) is 7.65. The molecule has 24 heavy (non-hydrogen) atoms. The molecule has 0 aliphatic carbocycles. The van der Waals surface area contributed by atoms with E-state index in [1.54, 1.807) is 20.1 Å². The highest BCUT2D eigenvalue weighted by Gasteiger charge is 2.18. The zero-order valence-corrected chi connectivity index (χ0v) is 13.6. The molecule has 1 N–H and O–H groups in total. The Labute approximate surface area is 139 Å². The van der Waals surface area contributed by atoms with E-state index in [2.05, 4.69) is 15.5 Å². The summed E-state index contributed by atoms with van der Waals surface area (Å²) in [6.45, 7) is 2.53. The van der Waals surface area contributed by atoms with Crippen LogP contribution in [0.3, 0.4) is 0 Å². The number of benzene rings is 1. The molecule has 1 aliphatic rings. The highest BCUT2D eigenvalue weighted by Crippen LogP contribution is 2.32. The first-order chi connectivity index (χ1) is 11.7. The number of rotatable bonds is 7. The SMILES string of the molecule is COCCc1noc([C@H](C)NC(=O)Cc2ccc3c(c2)OCO3)n1.